The van der Waals surface area contributed by atoms with Crippen LogP contribution >= 0.6 is 0 Å². The zero-order valence-electron chi connectivity index (χ0n) is 8.92. The average Bonchev–Trinajstić information content (AvgIpc) is 2.02. The van der Waals surface area contributed by atoms with Gasteiger partial charge in [-0.25, -0.2) is 4.79 Å². The predicted molar refractivity (Wildman–Crippen MR) is 54.4 cm³/mol. The van der Waals surface area contributed by atoms with Gasteiger partial charge in [0.1, 0.15) is 0 Å². The van der Waals surface area contributed by atoms with Crippen LogP contribution in [0.3, 0.4) is 0 Å². The van der Waals surface area contributed by atoms with E-state index in [1.54, 1.807) is 13.0 Å². The van der Waals surface area contributed by atoms with Crippen LogP contribution in [0.15, 0.2) is 11.6 Å². The normalized spacial score (nSPS) is 12.6. The molecule has 0 heterocycles. The molecule has 0 atom stereocenters. The van der Waals surface area contributed by atoms with Crippen molar-refractivity contribution < 1.29 is 9.90 Å². The molecule has 2 nitrogen and oxygen atoms in total. The second-order valence-electron chi connectivity index (χ2n) is 3.74. The summed E-state index contributed by atoms with van der Waals surface area (Å²) >= 11 is 0. The SMILES string of the molecule is CC[C](C=C(C)C(=O)O)CC(C)C. The summed E-state index contributed by atoms with van der Waals surface area (Å²) < 4.78 is 0. The zero-order chi connectivity index (χ0) is 10.4. The molecular formula is C11H19O2. The minimum atomic E-state index is -0.824. The van der Waals surface area contributed by atoms with Crippen molar-refractivity contribution in [3.8, 4) is 0 Å². The van der Waals surface area contributed by atoms with Crippen molar-refractivity contribution in [3.05, 3.63) is 17.6 Å². The number of hydrogen-bond acceptors (Lipinski definition) is 1. The number of hydrogen-bond donors (Lipinski definition) is 1. The van der Waals surface area contributed by atoms with E-state index in [9.17, 15) is 4.79 Å². The smallest absolute Gasteiger partial charge is 0.330 e. The van der Waals surface area contributed by atoms with Gasteiger partial charge < -0.3 is 5.11 Å². The Hall–Kier alpha value is -0.790. The van der Waals surface area contributed by atoms with Crippen LogP contribution < -0.4 is 0 Å². The Bertz CT molecular complexity index is 192. The Balaban J connectivity index is 4.26. The molecule has 0 bridgehead atoms. The molecule has 1 N–H and O–H groups in total. The largest absolute Gasteiger partial charge is 0.478 e. The highest BCUT2D eigenvalue weighted by molar-refractivity contribution is 5.86. The van der Waals surface area contributed by atoms with E-state index in [1.165, 1.54) is 5.92 Å². The minimum Gasteiger partial charge on any atom is -0.478 e. The average molecular weight is 183 g/mol. The van der Waals surface area contributed by atoms with Gasteiger partial charge in [0.2, 0.25) is 0 Å². The number of carboxylic acids is 1. The number of carboxylic acid groups (broad SMARTS) is 1. The van der Waals surface area contributed by atoms with E-state index in [2.05, 4.69) is 20.8 Å². The summed E-state index contributed by atoms with van der Waals surface area (Å²) in [5, 5.41) is 8.68. The Morgan fingerprint density at radius 3 is 2.31 bits per heavy atom. The first-order valence-electron chi connectivity index (χ1n) is 4.73. The van der Waals surface area contributed by atoms with E-state index >= 15 is 0 Å². The molecular weight excluding hydrogens is 164 g/mol. The van der Waals surface area contributed by atoms with Crippen molar-refractivity contribution in [1.82, 2.24) is 0 Å². The van der Waals surface area contributed by atoms with Crippen LogP contribution in [0.1, 0.15) is 40.5 Å². The topological polar surface area (TPSA) is 37.3 Å². The summed E-state index contributed by atoms with van der Waals surface area (Å²) in [5.41, 5.74) is 0.428. The number of allylic oxidation sites excluding steroid dienone is 1. The maximum absolute atomic E-state index is 10.6. The summed E-state index contributed by atoms with van der Waals surface area (Å²) in [6.07, 6.45) is 3.71. The lowest BCUT2D eigenvalue weighted by molar-refractivity contribution is -0.132. The molecule has 0 spiro atoms. The molecule has 0 aromatic rings. The van der Waals surface area contributed by atoms with Gasteiger partial charge in [-0.15, -0.1) is 0 Å². The van der Waals surface area contributed by atoms with Gasteiger partial charge in [0.15, 0.2) is 0 Å². The summed E-state index contributed by atoms with van der Waals surface area (Å²) in [4.78, 5) is 10.6. The fourth-order valence-electron chi connectivity index (χ4n) is 1.20. The van der Waals surface area contributed by atoms with Crippen LogP contribution in [0.5, 0.6) is 0 Å². The molecule has 0 saturated carbocycles. The standard InChI is InChI=1S/C11H19O2/c1-5-10(6-8(2)3)7-9(4)11(12)13/h7-8H,5-6H2,1-4H3,(H,12,13). The molecule has 0 unspecified atom stereocenters. The lowest BCUT2D eigenvalue weighted by atomic mass is 9.93. The van der Waals surface area contributed by atoms with Gasteiger partial charge in [0.25, 0.3) is 0 Å². The van der Waals surface area contributed by atoms with Crippen molar-refractivity contribution in [2.45, 2.75) is 40.5 Å². The molecule has 0 aromatic heterocycles. The molecule has 0 aliphatic heterocycles. The first kappa shape index (κ1) is 12.2. The monoisotopic (exact) mass is 183 g/mol. The van der Waals surface area contributed by atoms with Crippen LogP contribution in [0.25, 0.3) is 0 Å². The van der Waals surface area contributed by atoms with Gasteiger partial charge in [0, 0.05) is 5.57 Å². The van der Waals surface area contributed by atoms with Gasteiger partial charge >= 0.3 is 5.97 Å². The maximum atomic E-state index is 10.6. The van der Waals surface area contributed by atoms with Crippen LogP contribution in [0.4, 0.5) is 0 Å². The molecule has 13 heavy (non-hydrogen) atoms. The summed E-state index contributed by atoms with van der Waals surface area (Å²) in [5.74, 6) is 0.984. The number of rotatable bonds is 5. The van der Waals surface area contributed by atoms with Crippen LogP contribution in [-0.4, -0.2) is 11.1 Å². The lowest BCUT2D eigenvalue weighted by Crippen LogP contribution is -2.02. The van der Waals surface area contributed by atoms with Crippen molar-refractivity contribution in [2.24, 2.45) is 5.92 Å². The fraction of sp³-hybridized carbons (Fsp3) is 0.636. The number of aliphatic carboxylic acids is 1. The molecule has 1 radical (unpaired) electrons. The van der Waals surface area contributed by atoms with Crippen molar-refractivity contribution in [1.29, 1.82) is 0 Å². The molecule has 0 fully saturated rings. The van der Waals surface area contributed by atoms with Crippen molar-refractivity contribution >= 4 is 5.97 Å². The third kappa shape index (κ3) is 5.45. The Kier molecular flexibility index (Phi) is 5.44. The molecule has 0 saturated heterocycles. The fourth-order valence-corrected chi connectivity index (χ4v) is 1.20. The highest BCUT2D eigenvalue weighted by atomic mass is 16.4. The third-order valence-corrected chi connectivity index (χ3v) is 1.88. The van der Waals surface area contributed by atoms with E-state index in [0.29, 0.717) is 11.5 Å². The first-order chi connectivity index (χ1) is 5.97. The predicted octanol–water partition coefficient (Wildman–Crippen LogP) is 3.05. The van der Waals surface area contributed by atoms with Crippen LogP contribution in [-0.2, 0) is 4.79 Å². The molecule has 0 amide bonds. The molecule has 2 heteroatoms. The Morgan fingerprint density at radius 1 is 1.46 bits per heavy atom. The lowest BCUT2D eigenvalue weighted by Gasteiger charge is -2.12. The van der Waals surface area contributed by atoms with Gasteiger partial charge in [-0.3, -0.25) is 0 Å². The van der Waals surface area contributed by atoms with E-state index in [-0.39, 0.29) is 0 Å². The van der Waals surface area contributed by atoms with Crippen LogP contribution in [0, 0.1) is 11.8 Å². The second kappa shape index (κ2) is 5.79. The van der Waals surface area contributed by atoms with Gasteiger partial charge in [-0.1, -0.05) is 26.8 Å². The first-order valence-corrected chi connectivity index (χ1v) is 4.73. The van der Waals surface area contributed by atoms with E-state index in [1.807, 2.05) is 0 Å². The maximum Gasteiger partial charge on any atom is 0.330 e. The molecule has 0 aliphatic rings. The second-order valence-corrected chi connectivity index (χ2v) is 3.74. The number of carbonyl (C=O) groups is 1. The Morgan fingerprint density at radius 2 is 2.00 bits per heavy atom. The third-order valence-electron chi connectivity index (χ3n) is 1.88. The minimum absolute atomic E-state index is 0.428. The Labute approximate surface area is 80.7 Å². The van der Waals surface area contributed by atoms with Crippen molar-refractivity contribution in [2.75, 3.05) is 0 Å². The molecule has 0 rings (SSSR count). The van der Waals surface area contributed by atoms with E-state index in [0.717, 1.165) is 12.8 Å². The zero-order valence-corrected chi connectivity index (χ0v) is 8.92. The summed E-state index contributed by atoms with van der Waals surface area (Å²) in [6, 6.07) is 0. The van der Waals surface area contributed by atoms with Gasteiger partial charge in [-0.2, -0.15) is 0 Å². The molecule has 75 valence electrons. The van der Waals surface area contributed by atoms with E-state index in [4.69, 9.17) is 5.11 Å². The van der Waals surface area contributed by atoms with Crippen molar-refractivity contribution in [3.63, 3.8) is 0 Å². The highest BCUT2D eigenvalue weighted by Gasteiger charge is 2.09. The summed E-state index contributed by atoms with van der Waals surface area (Å²) in [6.45, 7) is 7.97. The summed E-state index contributed by atoms with van der Waals surface area (Å²) in [7, 11) is 0. The quantitative estimate of drug-likeness (QED) is 0.665. The van der Waals surface area contributed by atoms with Gasteiger partial charge in [0.05, 0.1) is 0 Å². The van der Waals surface area contributed by atoms with Crippen LogP contribution in [0.2, 0.25) is 0 Å². The molecule has 0 aliphatic carbocycles. The highest BCUT2D eigenvalue weighted by Crippen LogP contribution is 2.20. The molecule has 0 aromatic carbocycles. The van der Waals surface area contributed by atoms with E-state index < -0.39 is 5.97 Å². The van der Waals surface area contributed by atoms with Gasteiger partial charge in [-0.05, 0) is 31.6 Å².